The maximum Gasteiger partial charge on any atom is 0.270 e. The highest BCUT2D eigenvalue weighted by Gasteiger charge is 2.14. The molecule has 0 aliphatic heterocycles. The molecule has 1 heterocycles. The van der Waals surface area contributed by atoms with E-state index < -0.39 is 4.92 Å². The van der Waals surface area contributed by atoms with Crippen molar-refractivity contribution in [3.05, 3.63) is 51.2 Å². The van der Waals surface area contributed by atoms with Gasteiger partial charge in [-0.25, -0.2) is 0 Å². The van der Waals surface area contributed by atoms with Gasteiger partial charge < -0.3 is 9.73 Å². The molecule has 0 fully saturated rings. The molecule has 106 valence electrons. The lowest BCUT2D eigenvalue weighted by Crippen LogP contribution is -2.23. The molecule has 1 atom stereocenters. The molecule has 5 nitrogen and oxygen atoms in total. The van der Waals surface area contributed by atoms with E-state index in [2.05, 4.69) is 5.32 Å². The van der Waals surface area contributed by atoms with Crippen molar-refractivity contribution >= 4 is 17.3 Å². The van der Waals surface area contributed by atoms with Gasteiger partial charge in [0, 0.05) is 30.2 Å². The number of rotatable bonds is 5. The number of furan rings is 1. The van der Waals surface area contributed by atoms with Crippen LogP contribution in [0.1, 0.15) is 12.7 Å². The molecule has 1 N–H and O–H groups in total. The van der Waals surface area contributed by atoms with Gasteiger partial charge in [0.15, 0.2) is 0 Å². The lowest BCUT2D eigenvalue weighted by Gasteiger charge is -2.07. The third kappa shape index (κ3) is 3.18. The topological polar surface area (TPSA) is 68.3 Å². The van der Waals surface area contributed by atoms with Crippen LogP contribution in [0.5, 0.6) is 0 Å². The van der Waals surface area contributed by atoms with Crippen molar-refractivity contribution in [1.29, 1.82) is 0 Å². The first kappa shape index (κ1) is 14.6. The zero-order valence-electron chi connectivity index (χ0n) is 11.2. The lowest BCUT2D eigenvalue weighted by atomic mass is 10.1. The van der Waals surface area contributed by atoms with Crippen LogP contribution in [0.25, 0.3) is 11.3 Å². The number of halogens is 1. The molecule has 1 aromatic heterocycles. The Bertz CT molecular complexity index is 625. The van der Waals surface area contributed by atoms with Gasteiger partial charge in [-0.2, -0.15) is 0 Å². The van der Waals surface area contributed by atoms with E-state index in [-0.39, 0.29) is 11.7 Å². The highest BCUT2D eigenvalue weighted by molar-refractivity contribution is 6.33. The summed E-state index contributed by atoms with van der Waals surface area (Å²) in [6.45, 7) is 2.04. The van der Waals surface area contributed by atoms with Crippen LogP contribution in [0.15, 0.2) is 34.7 Å². The van der Waals surface area contributed by atoms with Crippen LogP contribution in [0.3, 0.4) is 0 Å². The predicted molar refractivity (Wildman–Crippen MR) is 78.0 cm³/mol. The summed E-state index contributed by atoms with van der Waals surface area (Å²) in [7, 11) is 1.88. The molecule has 2 rings (SSSR count). The van der Waals surface area contributed by atoms with Gasteiger partial charge in [0.05, 0.1) is 9.95 Å². The van der Waals surface area contributed by atoms with E-state index in [0.717, 1.165) is 12.2 Å². The van der Waals surface area contributed by atoms with E-state index >= 15 is 0 Å². The number of nitrogens with zero attached hydrogens (tertiary/aromatic N) is 1. The van der Waals surface area contributed by atoms with Gasteiger partial charge in [0.25, 0.3) is 5.69 Å². The Morgan fingerprint density at radius 2 is 2.15 bits per heavy atom. The molecule has 0 aliphatic rings. The molecular weight excluding hydrogens is 280 g/mol. The second-order valence-corrected chi connectivity index (χ2v) is 4.99. The summed E-state index contributed by atoms with van der Waals surface area (Å²) in [6.07, 6.45) is 0.739. The van der Waals surface area contributed by atoms with Crippen LogP contribution >= 0.6 is 11.6 Å². The molecule has 20 heavy (non-hydrogen) atoms. The minimum absolute atomic E-state index is 0.00839. The smallest absolute Gasteiger partial charge is 0.270 e. The van der Waals surface area contributed by atoms with Crippen molar-refractivity contribution in [3.8, 4) is 11.3 Å². The third-order valence-corrected chi connectivity index (χ3v) is 3.42. The largest absolute Gasteiger partial charge is 0.461 e. The van der Waals surface area contributed by atoms with Gasteiger partial charge in [-0.1, -0.05) is 11.6 Å². The van der Waals surface area contributed by atoms with Crippen molar-refractivity contribution in [2.24, 2.45) is 0 Å². The Hall–Kier alpha value is -1.85. The third-order valence-electron chi connectivity index (χ3n) is 3.09. The van der Waals surface area contributed by atoms with E-state index in [1.807, 2.05) is 20.0 Å². The summed E-state index contributed by atoms with van der Waals surface area (Å²) < 4.78 is 5.71. The van der Waals surface area contributed by atoms with Gasteiger partial charge in [0.1, 0.15) is 11.5 Å². The zero-order chi connectivity index (χ0) is 14.7. The molecule has 0 aliphatic carbocycles. The number of benzene rings is 1. The SMILES string of the molecule is CNC(C)Cc1ccc(-c2cc([N+](=O)[O-])ccc2Cl)o1. The Kier molecular flexibility index (Phi) is 4.42. The van der Waals surface area contributed by atoms with Gasteiger partial charge in [-0.15, -0.1) is 0 Å². The fourth-order valence-electron chi connectivity index (χ4n) is 1.85. The summed E-state index contributed by atoms with van der Waals surface area (Å²) in [5.41, 5.74) is 0.523. The van der Waals surface area contributed by atoms with Crippen LogP contribution in [-0.4, -0.2) is 18.0 Å². The number of nitro groups is 1. The monoisotopic (exact) mass is 294 g/mol. The molecule has 1 aromatic carbocycles. The van der Waals surface area contributed by atoms with Crippen molar-refractivity contribution in [2.75, 3.05) is 7.05 Å². The molecule has 0 saturated heterocycles. The fourth-order valence-corrected chi connectivity index (χ4v) is 2.06. The summed E-state index contributed by atoms with van der Waals surface area (Å²) >= 11 is 6.08. The quantitative estimate of drug-likeness (QED) is 0.675. The van der Waals surface area contributed by atoms with E-state index in [1.165, 1.54) is 18.2 Å². The Morgan fingerprint density at radius 3 is 2.80 bits per heavy atom. The number of nitrogens with one attached hydrogen (secondary N) is 1. The van der Waals surface area contributed by atoms with E-state index in [9.17, 15) is 10.1 Å². The molecule has 6 heteroatoms. The first-order valence-corrected chi connectivity index (χ1v) is 6.59. The van der Waals surface area contributed by atoms with E-state index in [4.69, 9.17) is 16.0 Å². The van der Waals surface area contributed by atoms with Crippen molar-refractivity contribution in [3.63, 3.8) is 0 Å². The van der Waals surface area contributed by atoms with Crippen molar-refractivity contribution < 1.29 is 9.34 Å². The van der Waals surface area contributed by atoms with Crippen LogP contribution in [0, 0.1) is 10.1 Å². The highest BCUT2D eigenvalue weighted by atomic mass is 35.5. The molecule has 0 amide bonds. The van der Waals surface area contributed by atoms with Gasteiger partial charge in [-0.3, -0.25) is 10.1 Å². The van der Waals surface area contributed by atoms with Gasteiger partial charge in [-0.05, 0) is 32.2 Å². The predicted octanol–water partition coefficient (Wildman–Crippen LogP) is 3.66. The van der Waals surface area contributed by atoms with Crippen LogP contribution < -0.4 is 5.32 Å². The zero-order valence-corrected chi connectivity index (χ0v) is 12.0. The van der Waals surface area contributed by atoms with Crippen LogP contribution in [0.4, 0.5) is 5.69 Å². The average Bonchev–Trinajstić information content (AvgIpc) is 2.87. The molecule has 0 spiro atoms. The summed E-state index contributed by atoms with van der Waals surface area (Å²) in [6, 6.07) is 8.23. The Morgan fingerprint density at radius 1 is 1.40 bits per heavy atom. The summed E-state index contributed by atoms with van der Waals surface area (Å²) in [5, 5.41) is 14.4. The van der Waals surface area contributed by atoms with Gasteiger partial charge >= 0.3 is 0 Å². The minimum atomic E-state index is -0.452. The van der Waals surface area contributed by atoms with E-state index in [0.29, 0.717) is 16.3 Å². The first-order valence-electron chi connectivity index (χ1n) is 6.21. The van der Waals surface area contributed by atoms with Crippen LogP contribution in [0.2, 0.25) is 5.02 Å². The Labute approximate surface area is 121 Å². The normalized spacial score (nSPS) is 12.3. The number of likely N-dealkylation sites (N-methyl/N-ethyl adjacent to an activating group) is 1. The van der Waals surface area contributed by atoms with Crippen molar-refractivity contribution in [1.82, 2.24) is 5.32 Å². The molecule has 0 bridgehead atoms. The number of nitro benzene ring substituents is 1. The maximum atomic E-state index is 10.8. The summed E-state index contributed by atoms with van der Waals surface area (Å²) in [4.78, 5) is 10.4. The molecule has 1 unspecified atom stereocenters. The summed E-state index contributed by atoms with van der Waals surface area (Å²) in [5.74, 6) is 1.35. The highest BCUT2D eigenvalue weighted by Crippen LogP contribution is 2.32. The number of non-ortho nitro benzene ring substituents is 1. The number of hydrogen-bond donors (Lipinski definition) is 1. The first-order chi connectivity index (χ1) is 9.51. The van der Waals surface area contributed by atoms with E-state index in [1.54, 1.807) is 6.07 Å². The maximum absolute atomic E-state index is 10.8. The van der Waals surface area contributed by atoms with Crippen molar-refractivity contribution in [2.45, 2.75) is 19.4 Å². The van der Waals surface area contributed by atoms with Crippen LogP contribution in [-0.2, 0) is 6.42 Å². The fraction of sp³-hybridized carbons (Fsp3) is 0.286. The molecular formula is C14H15ClN2O3. The minimum Gasteiger partial charge on any atom is -0.461 e. The number of hydrogen-bond acceptors (Lipinski definition) is 4. The lowest BCUT2D eigenvalue weighted by molar-refractivity contribution is -0.384. The Balaban J connectivity index is 2.32. The average molecular weight is 295 g/mol. The standard InChI is InChI=1S/C14H15ClN2O3/c1-9(16-2)7-11-4-6-14(20-11)12-8-10(17(18)19)3-5-13(12)15/h3-6,8-9,16H,7H2,1-2H3. The molecule has 0 radical (unpaired) electrons. The molecule has 0 saturated carbocycles. The second kappa shape index (κ2) is 6.07. The van der Waals surface area contributed by atoms with Gasteiger partial charge in [0.2, 0.25) is 0 Å². The second-order valence-electron chi connectivity index (χ2n) is 4.58. The molecule has 2 aromatic rings.